The second-order valence-electron chi connectivity index (χ2n) is 4.45. The fourth-order valence-corrected chi connectivity index (χ4v) is 2.64. The van der Waals surface area contributed by atoms with Gasteiger partial charge in [0.2, 0.25) is 5.91 Å². The Morgan fingerprint density at radius 3 is 2.58 bits per heavy atom. The minimum absolute atomic E-state index is 0.0708. The molecule has 1 amide bonds. The average Bonchev–Trinajstić information content (AvgIpc) is 2.95. The number of halogens is 4. The summed E-state index contributed by atoms with van der Waals surface area (Å²) in [7, 11) is 0. The molecule has 1 aromatic carbocycles. The lowest BCUT2D eigenvalue weighted by Gasteiger charge is -2.11. The number of alkyl halides is 3. The van der Waals surface area contributed by atoms with E-state index in [4.69, 9.17) is 11.6 Å². The van der Waals surface area contributed by atoms with Crippen LogP contribution in [0.2, 0.25) is 5.02 Å². The number of nitro groups is 1. The number of amides is 1. The third-order valence-corrected chi connectivity index (χ3v) is 4.06. The number of nitrogens with one attached hydrogen (secondary N) is 1. The highest BCUT2D eigenvalue weighted by Crippen LogP contribution is 2.36. The van der Waals surface area contributed by atoms with Gasteiger partial charge in [0.15, 0.2) is 0 Å². The second-order valence-corrected chi connectivity index (χ2v) is 5.95. The van der Waals surface area contributed by atoms with Crippen molar-refractivity contribution in [3.63, 3.8) is 0 Å². The van der Waals surface area contributed by atoms with E-state index in [2.05, 4.69) is 5.32 Å². The van der Waals surface area contributed by atoms with Gasteiger partial charge in [-0.3, -0.25) is 14.9 Å². The van der Waals surface area contributed by atoms with Crippen LogP contribution in [0, 0.1) is 10.1 Å². The Labute approximate surface area is 142 Å². The van der Waals surface area contributed by atoms with E-state index < -0.39 is 27.6 Å². The lowest BCUT2D eigenvalue weighted by molar-refractivity contribution is -0.380. The molecule has 1 heterocycles. The third-order valence-electron chi connectivity index (χ3n) is 2.73. The number of hydrogen-bond acceptors (Lipinski definition) is 4. The van der Waals surface area contributed by atoms with Crippen molar-refractivity contribution in [3.05, 3.63) is 62.0 Å². The number of anilines is 1. The molecule has 24 heavy (non-hydrogen) atoms. The van der Waals surface area contributed by atoms with Crippen molar-refractivity contribution >= 4 is 45.6 Å². The number of thiophene rings is 1. The quantitative estimate of drug-likeness (QED) is 0.464. The first-order valence-corrected chi connectivity index (χ1v) is 7.46. The fourth-order valence-electron chi connectivity index (χ4n) is 1.69. The predicted molar refractivity (Wildman–Crippen MR) is 85.1 cm³/mol. The van der Waals surface area contributed by atoms with Gasteiger partial charge in [0, 0.05) is 22.7 Å². The van der Waals surface area contributed by atoms with E-state index in [1.807, 2.05) is 0 Å². The molecule has 126 valence electrons. The Balaban J connectivity index is 2.09. The molecule has 0 radical (unpaired) electrons. The molecular formula is C14H8ClF3N2O3S. The monoisotopic (exact) mass is 376 g/mol. The molecule has 2 aromatic rings. The van der Waals surface area contributed by atoms with Crippen LogP contribution in [0.15, 0.2) is 36.4 Å². The maximum Gasteiger partial charge on any atom is 0.417 e. The van der Waals surface area contributed by atoms with E-state index >= 15 is 0 Å². The van der Waals surface area contributed by atoms with Gasteiger partial charge < -0.3 is 5.32 Å². The van der Waals surface area contributed by atoms with Crippen LogP contribution in [0.1, 0.15) is 10.4 Å². The molecule has 0 spiro atoms. The summed E-state index contributed by atoms with van der Waals surface area (Å²) in [5.74, 6) is -0.679. The Bertz CT molecular complexity index is 818. The van der Waals surface area contributed by atoms with Gasteiger partial charge in [0.1, 0.15) is 0 Å². The molecule has 0 aliphatic rings. The van der Waals surface area contributed by atoms with Crippen molar-refractivity contribution in [1.82, 2.24) is 0 Å². The van der Waals surface area contributed by atoms with Gasteiger partial charge in [-0.15, -0.1) is 0 Å². The summed E-state index contributed by atoms with van der Waals surface area (Å²) >= 11 is 6.35. The summed E-state index contributed by atoms with van der Waals surface area (Å²) < 4.78 is 38.2. The highest BCUT2D eigenvalue weighted by atomic mass is 35.5. The van der Waals surface area contributed by atoms with Crippen LogP contribution < -0.4 is 5.32 Å². The topological polar surface area (TPSA) is 72.2 Å². The molecule has 0 saturated heterocycles. The Morgan fingerprint density at radius 1 is 1.29 bits per heavy atom. The zero-order valence-corrected chi connectivity index (χ0v) is 13.2. The van der Waals surface area contributed by atoms with Crippen LogP contribution in [0.4, 0.5) is 23.9 Å². The van der Waals surface area contributed by atoms with Crippen molar-refractivity contribution < 1.29 is 22.9 Å². The van der Waals surface area contributed by atoms with Crippen LogP contribution >= 0.6 is 22.9 Å². The highest BCUT2D eigenvalue weighted by molar-refractivity contribution is 7.16. The van der Waals surface area contributed by atoms with Gasteiger partial charge in [-0.2, -0.15) is 13.2 Å². The maximum atomic E-state index is 12.7. The van der Waals surface area contributed by atoms with Crippen LogP contribution in [-0.2, 0) is 11.0 Å². The molecule has 0 aliphatic heterocycles. The summed E-state index contributed by atoms with van der Waals surface area (Å²) in [5.41, 5.74) is -1.13. The Hall–Kier alpha value is -2.39. The van der Waals surface area contributed by atoms with Crippen molar-refractivity contribution in [1.29, 1.82) is 0 Å². The molecule has 1 aromatic heterocycles. The van der Waals surface area contributed by atoms with Crippen LogP contribution in [0.5, 0.6) is 0 Å². The Morgan fingerprint density at radius 2 is 2.00 bits per heavy atom. The summed E-state index contributed by atoms with van der Waals surface area (Å²) in [6.07, 6.45) is -2.24. The number of nitrogens with zero attached hydrogens (tertiary/aromatic N) is 1. The number of rotatable bonds is 4. The first kappa shape index (κ1) is 18.0. The van der Waals surface area contributed by atoms with E-state index in [0.29, 0.717) is 4.88 Å². The van der Waals surface area contributed by atoms with Crippen LogP contribution in [0.3, 0.4) is 0 Å². The van der Waals surface area contributed by atoms with Gasteiger partial charge in [-0.25, -0.2) is 0 Å². The SMILES string of the molecule is O=C(/C=C/c1ccc([N+](=O)[O-])s1)Nc1ccc(Cl)c(C(F)(F)F)c1. The molecule has 0 saturated carbocycles. The molecule has 0 fully saturated rings. The van der Waals surface area contributed by atoms with E-state index in [0.717, 1.165) is 29.5 Å². The van der Waals surface area contributed by atoms with Gasteiger partial charge in [-0.05, 0) is 30.3 Å². The molecule has 1 N–H and O–H groups in total. The van der Waals surface area contributed by atoms with Gasteiger partial charge >= 0.3 is 11.2 Å². The Kier molecular flexibility index (Phi) is 5.25. The van der Waals surface area contributed by atoms with Crippen molar-refractivity contribution in [2.24, 2.45) is 0 Å². The number of benzene rings is 1. The summed E-state index contributed by atoms with van der Waals surface area (Å²) in [6.45, 7) is 0. The number of carbonyl (C=O) groups excluding carboxylic acids is 1. The average molecular weight is 377 g/mol. The lowest BCUT2D eigenvalue weighted by Crippen LogP contribution is -2.10. The molecule has 0 unspecified atom stereocenters. The molecule has 2 rings (SSSR count). The molecule has 0 atom stereocenters. The number of carbonyl (C=O) groups is 1. The zero-order chi connectivity index (χ0) is 17.9. The largest absolute Gasteiger partial charge is 0.417 e. The number of hydrogen-bond donors (Lipinski definition) is 1. The van der Waals surface area contributed by atoms with Crippen LogP contribution in [0.25, 0.3) is 6.08 Å². The molecular weight excluding hydrogens is 369 g/mol. The standard InChI is InChI=1S/C14H8ClF3N2O3S/c15-11-4-1-8(7-10(11)14(16,17)18)19-12(21)5-2-9-3-6-13(24-9)20(22)23/h1-7H,(H,19,21)/b5-2+. The predicted octanol–water partition coefficient (Wildman–Crippen LogP) is 4.98. The van der Waals surface area contributed by atoms with Gasteiger partial charge in [0.05, 0.1) is 15.5 Å². The van der Waals surface area contributed by atoms with E-state index in [1.165, 1.54) is 24.3 Å². The highest BCUT2D eigenvalue weighted by Gasteiger charge is 2.33. The molecule has 0 bridgehead atoms. The first-order chi connectivity index (χ1) is 11.2. The van der Waals surface area contributed by atoms with E-state index in [9.17, 15) is 28.1 Å². The minimum Gasteiger partial charge on any atom is -0.322 e. The zero-order valence-electron chi connectivity index (χ0n) is 11.6. The normalized spacial score (nSPS) is 11.7. The summed E-state index contributed by atoms with van der Waals surface area (Å²) in [6, 6.07) is 5.74. The summed E-state index contributed by atoms with van der Waals surface area (Å²) in [4.78, 5) is 22.2. The smallest absolute Gasteiger partial charge is 0.322 e. The van der Waals surface area contributed by atoms with Crippen molar-refractivity contribution in [2.45, 2.75) is 6.18 Å². The molecule has 10 heteroatoms. The first-order valence-electron chi connectivity index (χ1n) is 6.27. The lowest BCUT2D eigenvalue weighted by atomic mass is 10.2. The maximum absolute atomic E-state index is 12.7. The van der Waals surface area contributed by atoms with Gasteiger partial charge in [-0.1, -0.05) is 22.9 Å². The van der Waals surface area contributed by atoms with Crippen LogP contribution in [-0.4, -0.2) is 10.8 Å². The van der Waals surface area contributed by atoms with Crippen molar-refractivity contribution in [3.8, 4) is 0 Å². The summed E-state index contributed by atoms with van der Waals surface area (Å²) in [5, 5.41) is 12.3. The van der Waals surface area contributed by atoms with Crippen molar-refractivity contribution in [2.75, 3.05) is 5.32 Å². The minimum atomic E-state index is -4.64. The fraction of sp³-hybridized carbons (Fsp3) is 0.0714. The van der Waals surface area contributed by atoms with Gasteiger partial charge in [0.25, 0.3) is 0 Å². The molecule has 0 aliphatic carbocycles. The second kappa shape index (κ2) is 7.02. The van der Waals surface area contributed by atoms with E-state index in [-0.39, 0.29) is 10.7 Å². The molecule has 5 nitrogen and oxygen atoms in total. The van der Waals surface area contributed by atoms with E-state index in [1.54, 1.807) is 0 Å². The third kappa shape index (κ3) is 4.56.